The summed E-state index contributed by atoms with van der Waals surface area (Å²) >= 11 is 11.6. The van der Waals surface area contributed by atoms with Gasteiger partial charge in [-0.2, -0.15) is 13.2 Å². The van der Waals surface area contributed by atoms with Crippen molar-refractivity contribution < 1.29 is 36.4 Å². The van der Waals surface area contributed by atoms with Crippen molar-refractivity contribution in [3.63, 3.8) is 0 Å². The molecule has 0 aromatic heterocycles. The second-order valence-corrected chi connectivity index (χ2v) is 10.1. The summed E-state index contributed by atoms with van der Waals surface area (Å²) in [6, 6.07) is 16.9. The standard InChI is InChI=1S/C30H20Cl2F5N3O3/c31-24-13-18(14-25(32)27(24)34)29(30(35,36)37)15-26(40-43-29)22-9-10-23(21-4-2-1-3-20(21)22)28(41)38-11-12-39-42-16-17-5-7-19(33)8-6-17/h1-15,39-40H,16H2,(H,38,41). The Kier molecular flexibility index (Phi) is 8.61. The molecule has 0 fully saturated rings. The zero-order valence-corrected chi connectivity index (χ0v) is 23.2. The van der Waals surface area contributed by atoms with Crippen LogP contribution in [0.2, 0.25) is 10.0 Å². The van der Waals surface area contributed by atoms with E-state index in [1.54, 1.807) is 36.4 Å². The molecule has 0 radical (unpaired) electrons. The molecule has 0 spiro atoms. The number of hydrogen-bond donors (Lipinski definition) is 3. The van der Waals surface area contributed by atoms with Gasteiger partial charge in [-0.05, 0) is 52.7 Å². The molecule has 0 bridgehead atoms. The molecular weight excluding hydrogens is 616 g/mol. The number of carbonyl (C=O) groups is 1. The number of benzene rings is 4. The van der Waals surface area contributed by atoms with Gasteiger partial charge in [0.05, 0.1) is 22.3 Å². The molecule has 6 nitrogen and oxygen atoms in total. The van der Waals surface area contributed by atoms with Gasteiger partial charge < -0.3 is 5.32 Å². The summed E-state index contributed by atoms with van der Waals surface area (Å²) in [5.74, 6) is -1.91. The maximum absolute atomic E-state index is 14.5. The van der Waals surface area contributed by atoms with E-state index >= 15 is 0 Å². The van der Waals surface area contributed by atoms with Crippen LogP contribution in [0.5, 0.6) is 0 Å². The fraction of sp³-hybridized carbons (Fsp3) is 0.100. The first-order valence-corrected chi connectivity index (χ1v) is 13.2. The normalized spacial score (nSPS) is 16.8. The fourth-order valence-electron chi connectivity index (χ4n) is 4.46. The molecule has 222 valence electrons. The summed E-state index contributed by atoms with van der Waals surface area (Å²) in [6.07, 6.45) is -1.53. The average Bonchev–Trinajstić information content (AvgIpc) is 3.45. The van der Waals surface area contributed by atoms with Crippen LogP contribution in [0.4, 0.5) is 22.0 Å². The van der Waals surface area contributed by atoms with E-state index in [9.17, 15) is 26.7 Å². The SMILES string of the molecule is O=C(NC=CNOCc1ccc(F)cc1)c1ccc(C2=CC(c3cc(Cl)c(F)c(Cl)c3)(C(F)(F)F)ON2)c2ccccc12. The first-order valence-electron chi connectivity index (χ1n) is 12.5. The molecule has 1 aliphatic heterocycles. The number of hydrogen-bond acceptors (Lipinski definition) is 5. The van der Waals surface area contributed by atoms with Gasteiger partial charge in [-0.25, -0.2) is 8.78 Å². The van der Waals surface area contributed by atoms with Gasteiger partial charge in [-0.3, -0.25) is 25.4 Å². The number of hydroxylamine groups is 2. The van der Waals surface area contributed by atoms with E-state index in [-0.39, 0.29) is 23.7 Å². The van der Waals surface area contributed by atoms with Crippen molar-refractivity contribution in [2.45, 2.75) is 18.4 Å². The van der Waals surface area contributed by atoms with Crippen molar-refractivity contribution in [3.05, 3.63) is 135 Å². The summed E-state index contributed by atoms with van der Waals surface area (Å²) in [4.78, 5) is 23.3. The molecule has 1 heterocycles. The molecule has 4 aromatic carbocycles. The van der Waals surface area contributed by atoms with Gasteiger partial charge in [0.2, 0.25) is 5.60 Å². The molecule has 4 aromatic rings. The molecule has 1 unspecified atom stereocenters. The Bertz CT molecular complexity index is 1720. The molecule has 1 atom stereocenters. The Hall–Kier alpha value is -4.16. The smallest absolute Gasteiger partial charge is 0.327 e. The minimum atomic E-state index is -5.00. The molecule has 43 heavy (non-hydrogen) atoms. The highest BCUT2D eigenvalue weighted by Gasteiger charge is 2.60. The lowest BCUT2D eigenvalue weighted by atomic mass is 9.90. The monoisotopic (exact) mass is 635 g/mol. The van der Waals surface area contributed by atoms with E-state index in [1.165, 1.54) is 36.7 Å². The summed E-state index contributed by atoms with van der Waals surface area (Å²) in [6.45, 7) is 0.148. The van der Waals surface area contributed by atoms with Crippen LogP contribution in [0.3, 0.4) is 0 Å². The molecule has 1 aliphatic rings. The highest BCUT2D eigenvalue weighted by Crippen LogP contribution is 2.49. The van der Waals surface area contributed by atoms with E-state index < -0.39 is 39.1 Å². The van der Waals surface area contributed by atoms with Crippen LogP contribution in [-0.4, -0.2) is 12.1 Å². The molecule has 0 saturated carbocycles. The van der Waals surface area contributed by atoms with Crippen molar-refractivity contribution in [3.8, 4) is 0 Å². The maximum Gasteiger partial charge on any atom is 0.428 e. The largest absolute Gasteiger partial charge is 0.428 e. The molecule has 5 rings (SSSR count). The first-order chi connectivity index (χ1) is 20.5. The number of fused-ring (bicyclic) bond motifs is 1. The summed E-state index contributed by atoms with van der Waals surface area (Å²) in [5.41, 5.74) is 2.56. The van der Waals surface area contributed by atoms with Gasteiger partial charge in [0.15, 0.2) is 5.82 Å². The zero-order chi connectivity index (χ0) is 30.8. The van der Waals surface area contributed by atoms with Crippen molar-refractivity contribution in [2.24, 2.45) is 0 Å². The second kappa shape index (κ2) is 12.2. The lowest BCUT2D eigenvalue weighted by Gasteiger charge is -2.28. The lowest BCUT2D eigenvalue weighted by molar-refractivity contribution is -0.269. The highest BCUT2D eigenvalue weighted by molar-refractivity contribution is 6.35. The van der Waals surface area contributed by atoms with Crippen molar-refractivity contribution >= 4 is 45.6 Å². The van der Waals surface area contributed by atoms with E-state index in [2.05, 4.69) is 16.3 Å². The third kappa shape index (κ3) is 6.16. The molecule has 3 N–H and O–H groups in total. The van der Waals surface area contributed by atoms with Gasteiger partial charge in [0.25, 0.3) is 5.91 Å². The zero-order valence-electron chi connectivity index (χ0n) is 21.7. The Morgan fingerprint density at radius 1 is 0.953 bits per heavy atom. The third-order valence-electron chi connectivity index (χ3n) is 6.56. The summed E-state index contributed by atoms with van der Waals surface area (Å²) in [5, 5.41) is 2.30. The maximum atomic E-state index is 14.5. The first kappa shape index (κ1) is 30.3. The van der Waals surface area contributed by atoms with Crippen LogP contribution in [0.1, 0.15) is 27.0 Å². The van der Waals surface area contributed by atoms with Crippen LogP contribution in [0.15, 0.2) is 91.3 Å². The van der Waals surface area contributed by atoms with Gasteiger partial charge in [0, 0.05) is 29.1 Å². The number of nitrogens with one attached hydrogen (secondary N) is 3. The van der Waals surface area contributed by atoms with Gasteiger partial charge in [-0.15, -0.1) is 0 Å². The van der Waals surface area contributed by atoms with Gasteiger partial charge in [-0.1, -0.05) is 65.7 Å². The van der Waals surface area contributed by atoms with Crippen molar-refractivity contribution in [1.82, 2.24) is 16.3 Å². The third-order valence-corrected chi connectivity index (χ3v) is 7.11. The highest BCUT2D eigenvalue weighted by atomic mass is 35.5. The Morgan fingerprint density at radius 2 is 1.63 bits per heavy atom. The molecular formula is C30H20Cl2F5N3O3. The molecule has 0 aliphatic carbocycles. The van der Waals surface area contributed by atoms with Crippen LogP contribution < -0.4 is 16.3 Å². The van der Waals surface area contributed by atoms with E-state index in [1.807, 2.05) is 0 Å². The minimum absolute atomic E-state index is 0.0422. The van der Waals surface area contributed by atoms with Crippen LogP contribution in [0, 0.1) is 11.6 Å². The van der Waals surface area contributed by atoms with Gasteiger partial charge in [0.1, 0.15) is 5.82 Å². The molecule has 0 saturated heterocycles. The number of carbonyl (C=O) groups excluding carboxylic acids is 1. The van der Waals surface area contributed by atoms with Gasteiger partial charge >= 0.3 is 6.18 Å². The number of rotatable bonds is 8. The molecule has 1 amide bonds. The topological polar surface area (TPSA) is 71.6 Å². The van der Waals surface area contributed by atoms with Crippen LogP contribution >= 0.6 is 23.2 Å². The second-order valence-electron chi connectivity index (χ2n) is 9.30. The number of amides is 1. The number of halogens is 7. The predicted molar refractivity (Wildman–Crippen MR) is 151 cm³/mol. The van der Waals surface area contributed by atoms with E-state index in [0.29, 0.717) is 16.3 Å². The van der Waals surface area contributed by atoms with Crippen molar-refractivity contribution in [1.29, 1.82) is 0 Å². The summed E-state index contributed by atoms with van der Waals surface area (Å²) < 4.78 is 70.3. The Labute approximate surface area is 251 Å². The number of alkyl halides is 3. The van der Waals surface area contributed by atoms with E-state index in [0.717, 1.165) is 23.8 Å². The van der Waals surface area contributed by atoms with Crippen LogP contribution in [-0.2, 0) is 21.9 Å². The molecule has 13 heteroatoms. The van der Waals surface area contributed by atoms with E-state index in [4.69, 9.17) is 32.9 Å². The fourth-order valence-corrected chi connectivity index (χ4v) is 4.95. The minimum Gasteiger partial charge on any atom is -0.327 e. The summed E-state index contributed by atoms with van der Waals surface area (Å²) in [7, 11) is 0. The lowest BCUT2D eigenvalue weighted by Crippen LogP contribution is -2.42. The average molecular weight is 636 g/mol. The Balaban J connectivity index is 1.38. The van der Waals surface area contributed by atoms with Crippen LogP contribution in [0.25, 0.3) is 16.5 Å². The van der Waals surface area contributed by atoms with Crippen molar-refractivity contribution in [2.75, 3.05) is 0 Å². The predicted octanol–water partition coefficient (Wildman–Crippen LogP) is 7.68. The Morgan fingerprint density at radius 3 is 2.30 bits per heavy atom. The quantitative estimate of drug-likeness (QED) is 0.0802.